The van der Waals surface area contributed by atoms with Crippen LogP contribution in [0.3, 0.4) is 0 Å². The minimum absolute atomic E-state index is 0.0753. The van der Waals surface area contributed by atoms with E-state index in [1.165, 1.54) is 27.4 Å². The Hall–Kier alpha value is -3.11. The molecule has 0 spiro atoms. The highest BCUT2D eigenvalue weighted by Gasteiger charge is 2.31. The number of aromatic amines is 1. The summed E-state index contributed by atoms with van der Waals surface area (Å²) in [4.78, 5) is 26.2. The van der Waals surface area contributed by atoms with Crippen LogP contribution < -0.4 is 5.56 Å². The van der Waals surface area contributed by atoms with Crippen LogP contribution in [0.2, 0.25) is 0 Å². The van der Waals surface area contributed by atoms with Gasteiger partial charge in [-0.2, -0.15) is 9.40 Å². The third-order valence-corrected chi connectivity index (χ3v) is 6.75. The lowest BCUT2D eigenvalue weighted by molar-refractivity contribution is 0.0693. The van der Waals surface area contributed by atoms with Gasteiger partial charge >= 0.3 is 0 Å². The third kappa shape index (κ3) is 3.52. The van der Waals surface area contributed by atoms with Crippen molar-refractivity contribution in [2.24, 2.45) is 0 Å². The van der Waals surface area contributed by atoms with Crippen LogP contribution in [0.5, 0.6) is 0 Å². The van der Waals surface area contributed by atoms with E-state index in [1.54, 1.807) is 24.3 Å². The molecule has 0 aliphatic carbocycles. The maximum Gasteiger partial charge on any atom is 0.275 e. The molecule has 1 amide bonds. The van der Waals surface area contributed by atoms with Crippen molar-refractivity contribution in [1.29, 1.82) is 0 Å². The van der Waals surface area contributed by atoms with Gasteiger partial charge in [-0.3, -0.25) is 9.59 Å². The van der Waals surface area contributed by atoms with Crippen LogP contribution in [0.1, 0.15) is 10.5 Å². The van der Waals surface area contributed by atoms with Gasteiger partial charge in [0.1, 0.15) is 5.82 Å². The Morgan fingerprint density at radius 2 is 1.69 bits per heavy atom. The van der Waals surface area contributed by atoms with Crippen molar-refractivity contribution in [3.63, 3.8) is 0 Å². The van der Waals surface area contributed by atoms with Crippen LogP contribution in [0.15, 0.2) is 58.2 Å². The van der Waals surface area contributed by atoms with Gasteiger partial charge in [-0.1, -0.05) is 24.3 Å². The van der Waals surface area contributed by atoms with Crippen molar-refractivity contribution in [3.05, 3.63) is 70.4 Å². The van der Waals surface area contributed by atoms with E-state index < -0.39 is 15.8 Å². The van der Waals surface area contributed by atoms with Crippen molar-refractivity contribution in [2.45, 2.75) is 4.90 Å². The second-order valence-corrected chi connectivity index (χ2v) is 8.54. The first kappa shape index (κ1) is 19.2. The number of piperazine rings is 1. The minimum Gasteiger partial charge on any atom is -0.335 e. The summed E-state index contributed by atoms with van der Waals surface area (Å²) in [5.41, 5.74) is -0.273. The number of aromatic nitrogens is 2. The van der Waals surface area contributed by atoms with E-state index in [0.717, 1.165) is 6.07 Å². The van der Waals surface area contributed by atoms with Crippen molar-refractivity contribution < 1.29 is 17.6 Å². The summed E-state index contributed by atoms with van der Waals surface area (Å²) in [7, 11) is -3.85. The second kappa shape index (κ2) is 7.37. The van der Waals surface area contributed by atoms with E-state index in [0.29, 0.717) is 10.8 Å². The SMILES string of the molecule is O=C(c1n[nH]c(=O)c2ccccc12)N1CCN(S(=O)(=O)c2cccc(F)c2)CC1. The van der Waals surface area contributed by atoms with Crippen LogP contribution in [-0.2, 0) is 10.0 Å². The number of nitrogens with zero attached hydrogens (tertiary/aromatic N) is 3. The molecule has 2 aromatic carbocycles. The van der Waals surface area contributed by atoms with Crippen molar-refractivity contribution in [1.82, 2.24) is 19.4 Å². The molecular formula is C19H17FN4O4S. The first-order valence-corrected chi connectivity index (χ1v) is 10.3. The fourth-order valence-electron chi connectivity index (χ4n) is 3.34. The summed E-state index contributed by atoms with van der Waals surface area (Å²) in [5.74, 6) is -1.02. The molecule has 0 radical (unpaired) electrons. The zero-order valence-electron chi connectivity index (χ0n) is 15.2. The summed E-state index contributed by atoms with van der Waals surface area (Å²) in [6.07, 6.45) is 0. The molecule has 29 heavy (non-hydrogen) atoms. The number of hydrogen-bond donors (Lipinski definition) is 1. The zero-order chi connectivity index (χ0) is 20.6. The molecular weight excluding hydrogens is 399 g/mol. The Balaban J connectivity index is 1.54. The number of carbonyl (C=O) groups excluding carboxylic acids is 1. The molecule has 1 aliphatic heterocycles. The fraction of sp³-hybridized carbons (Fsp3) is 0.211. The van der Waals surface area contributed by atoms with Gasteiger partial charge < -0.3 is 4.90 Å². The van der Waals surface area contributed by atoms with Crippen LogP contribution in [0.25, 0.3) is 10.8 Å². The predicted octanol–water partition coefficient (Wildman–Crippen LogP) is 1.21. The molecule has 150 valence electrons. The Kier molecular flexibility index (Phi) is 4.89. The maximum absolute atomic E-state index is 13.4. The second-order valence-electron chi connectivity index (χ2n) is 6.60. The van der Waals surface area contributed by atoms with E-state index in [4.69, 9.17) is 0 Å². The number of rotatable bonds is 3. The zero-order valence-corrected chi connectivity index (χ0v) is 16.0. The summed E-state index contributed by atoms with van der Waals surface area (Å²) < 4.78 is 40.0. The van der Waals surface area contributed by atoms with E-state index >= 15 is 0 Å². The smallest absolute Gasteiger partial charge is 0.275 e. The molecule has 3 aromatic rings. The number of sulfonamides is 1. The van der Waals surface area contributed by atoms with E-state index in [1.807, 2.05) is 0 Å². The minimum atomic E-state index is -3.85. The molecule has 0 bridgehead atoms. The monoisotopic (exact) mass is 416 g/mol. The first-order chi connectivity index (χ1) is 13.9. The van der Waals surface area contributed by atoms with Gasteiger partial charge in [-0.15, -0.1) is 0 Å². The maximum atomic E-state index is 13.4. The number of hydrogen-bond acceptors (Lipinski definition) is 5. The highest BCUT2D eigenvalue weighted by atomic mass is 32.2. The summed E-state index contributed by atoms with van der Waals surface area (Å²) >= 11 is 0. The predicted molar refractivity (Wildman–Crippen MR) is 103 cm³/mol. The molecule has 1 aliphatic rings. The van der Waals surface area contributed by atoms with Crippen molar-refractivity contribution >= 4 is 26.7 Å². The van der Waals surface area contributed by atoms with Gasteiger partial charge in [-0.05, 0) is 24.3 Å². The molecule has 8 nitrogen and oxygen atoms in total. The van der Waals surface area contributed by atoms with E-state index in [-0.39, 0.29) is 48.2 Å². The molecule has 1 saturated heterocycles. The lowest BCUT2D eigenvalue weighted by Gasteiger charge is -2.33. The standard InChI is InChI=1S/C19H17FN4O4S/c20-13-4-3-5-14(12-13)29(27,28)24-10-8-23(9-11-24)19(26)17-15-6-1-2-7-16(15)18(25)22-21-17/h1-7,12H,8-11H2,(H,22,25). The topological polar surface area (TPSA) is 103 Å². The first-order valence-electron chi connectivity index (χ1n) is 8.90. The Morgan fingerprint density at radius 1 is 1.00 bits per heavy atom. The van der Waals surface area contributed by atoms with Crippen LogP contribution in [0.4, 0.5) is 4.39 Å². The molecule has 0 saturated carbocycles. The molecule has 1 aromatic heterocycles. The van der Waals surface area contributed by atoms with Gasteiger partial charge in [0, 0.05) is 31.6 Å². The van der Waals surface area contributed by atoms with Crippen LogP contribution in [0, 0.1) is 5.82 Å². The molecule has 0 unspecified atom stereocenters. The van der Waals surface area contributed by atoms with E-state index in [9.17, 15) is 22.4 Å². The molecule has 0 atom stereocenters. The van der Waals surface area contributed by atoms with Crippen molar-refractivity contribution in [2.75, 3.05) is 26.2 Å². The number of amides is 1. The van der Waals surface area contributed by atoms with Crippen LogP contribution >= 0.6 is 0 Å². The number of benzene rings is 2. The average molecular weight is 416 g/mol. The average Bonchev–Trinajstić information content (AvgIpc) is 2.74. The van der Waals surface area contributed by atoms with E-state index in [2.05, 4.69) is 10.2 Å². The van der Waals surface area contributed by atoms with Gasteiger partial charge in [0.05, 0.1) is 10.3 Å². The summed E-state index contributed by atoms with van der Waals surface area (Å²) in [5, 5.41) is 7.03. The summed E-state index contributed by atoms with van der Waals surface area (Å²) in [6, 6.07) is 11.5. The number of H-pyrrole nitrogens is 1. The highest BCUT2D eigenvalue weighted by molar-refractivity contribution is 7.89. The number of fused-ring (bicyclic) bond motifs is 1. The van der Waals surface area contributed by atoms with Gasteiger partial charge in [-0.25, -0.2) is 17.9 Å². The largest absolute Gasteiger partial charge is 0.335 e. The van der Waals surface area contributed by atoms with Crippen molar-refractivity contribution in [3.8, 4) is 0 Å². The lowest BCUT2D eigenvalue weighted by atomic mass is 10.1. The number of halogens is 1. The molecule has 2 heterocycles. The third-order valence-electron chi connectivity index (χ3n) is 4.86. The highest BCUT2D eigenvalue weighted by Crippen LogP contribution is 2.20. The van der Waals surface area contributed by atoms with Crippen LogP contribution in [-0.4, -0.2) is 59.9 Å². The lowest BCUT2D eigenvalue weighted by Crippen LogP contribution is -2.50. The van der Waals surface area contributed by atoms with Gasteiger partial charge in [0.25, 0.3) is 11.5 Å². The molecule has 10 heteroatoms. The molecule has 4 rings (SSSR count). The number of carbonyl (C=O) groups is 1. The number of nitrogens with one attached hydrogen (secondary N) is 1. The normalized spacial score (nSPS) is 15.6. The summed E-state index contributed by atoms with van der Waals surface area (Å²) in [6.45, 7) is 0.461. The quantitative estimate of drug-likeness (QED) is 0.691. The Morgan fingerprint density at radius 3 is 2.38 bits per heavy atom. The fourth-order valence-corrected chi connectivity index (χ4v) is 4.79. The van der Waals surface area contributed by atoms with Gasteiger partial charge in [0.15, 0.2) is 5.69 Å². The Bertz CT molecular complexity index is 1250. The van der Waals surface area contributed by atoms with Gasteiger partial charge in [0.2, 0.25) is 10.0 Å². The Labute approximate surface area is 165 Å². The molecule has 1 fully saturated rings. The molecule has 1 N–H and O–H groups in total.